The monoisotopic (exact) mass is 700 g/mol. The number of fused-ring (bicyclic) bond motifs is 1. The number of hydrogen-bond donors (Lipinski definition) is 2. The SMILES string of the molecule is C=C(N)c1c(F)ccc(OC(F)P)c1C.COc1ccc(CN2CCC(F)(F)CC2)c(OC)c1-c1cccc2c(CCC(=O)O)cccc12. The molecule has 0 aliphatic carbocycles. The van der Waals surface area contributed by atoms with Crippen LogP contribution in [0.4, 0.5) is 17.6 Å². The fourth-order valence-corrected chi connectivity index (χ4v) is 6.17. The second-order valence-corrected chi connectivity index (χ2v) is 12.2. The molecule has 1 aliphatic rings. The average molecular weight is 701 g/mol. The highest BCUT2D eigenvalue weighted by Gasteiger charge is 2.34. The van der Waals surface area contributed by atoms with Crippen molar-refractivity contribution in [1.82, 2.24) is 4.90 Å². The van der Waals surface area contributed by atoms with Crippen molar-refractivity contribution in [2.24, 2.45) is 5.73 Å². The van der Waals surface area contributed by atoms with E-state index >= 15 is 0 Å². The minimum atomic E-state index is -2.59. The molecular weight excluding hydrogens is 659 g/mol. The third kappa shape index (κ3) is 9.22. The van der Waals surface area contributed by atoms with Crippen molar-refractivity contribution < 1.29 is 41.7 Å². The van der Waals surface area contributed by atoms with E-state index in [1.807, 2.05) is 62.7 Å². The maximum absolute atomic E-state index is 13.6. The number of nitrogens with two attached hydrogens (primary N) is 1. The average Bonchev–Trinajstić information content (AvgIpc) is 3.05. The Kier molecular flexibility index (Phi) is 12.5. The molecule has 262 valence electrons. The molecule has 1 fully saturated rings. The number of aliphatic carboxylic acids is 1. The summed E-state index contributed by atoms with van der Waals surface area (Å²) in [5, 5.41) is 11.1. The van der Waals surface area contributed by atoms with Crippen LogP contribution < -0.4 is 19.9 Å². The lowest BCUT2D eigenvalue weighted by atomic mass is 9.92. The number of ether oxygens (including phenoxy) is 3. The van der Waals surface area contributed by atoms with Crippen LogP contribution in [0.5, 0.6) is 17.2 Å². The molecule has 0 radical (unpaired) electrons. The number of carboxylic acids is 1. The summed E-state index contributed by atoms with van der Waals surface area (Å²) in [6, 6.07) is 18.2. The van der Waals surface area contributed by atoms with Crippen LogP contribution in [0.15, 0.2) is 67.2 Å². The van der Waals surface area contributed by atoms with Gasteiger partial charge in [0.1, 0.15) is 23.1 Å². The molecule has 1 heterocycles. The molecule has 0 saturated carbocycles. The van der Waals surface area contributed by atoms with Crippen molar-refractivity contribution in [1.29, 1.82) is 0 Å². The number of methoxy groups -OCH3 is 2. The Morgan fingerprint density at radius 1 is 1.00 bits per heavy atom. The van der Waals surface area contributed by atoms with Gasteiger partial charge in [0.15, 0.2) is 0 Å². The number of piperidine rings is 1. The van der Waals surface area contributed by atoms with E-state index in [1.54, 1.807) is 21.1 Å². The van der Waals surface area contributed by atoms with Crippen molar-refractivity contribution in [3.05, 3.63) is 95.3 Å². The second kappa shape index (κ2) is 16.4. The van der Waals surface area contributed by atoms with E-state index in [4.69, 9.17) is 25.1 Å². The molecule has 2 unspecified atom stereocenters. The normalized spacial score (nSPS) is 14.8. The zero-order chi connectivity index (χ0) is 35.9. The van der Waals surface area contributed by atoms with Gasteiger partial charge in [0.2, 0.25) is 6.10 Å². The number of aryl methyl sites for hydroxylation is 1. The Morgan fingerprint density at radius 2 is 1.65 bits per heavy atom. The number of alkyl halides is 3. The Balaban J connectivity index is 0.000000302. The van der Waals surface area contributed by atoms with Crippen LogP contribution in [-0.2, 0) is 17.8 Å². The smallest absolute Gasteiger partial charge is 0.303 e. The lowest BCUT2D eigenvalue weighted by Crippen LogP contribution is -2.38. The number of halogens is 4. The summed E-state index contributed by atoms with van der Waals surface area (Å²) in [5.74, 6) is -2.37. The van der Waals surface area contributed by atoms with Gasteiger partial charge in [-0.2, -0.15) is 4.39 Å². The fraction of sp³-hybridized carbons (Fsp3) is 0.324. The predicted molar refractivity (Wildman–Crippen MR) is 187 cm³/mol. The summed E-state index contributed by atoms with van der Waals surface area (Å²) in [5.41, 5.74) is 9.70. The Labute approximate surface area is 285 Å². The molecule has 4 aromatic rings. The van der Waals surface area contributed by atoms with Crippen LogP contribution in [-0.4, -0.2) is 55.3 Å². The third-order valence-electron chi connectivity index (χ3n) is 8.42. The molecule has 4 aromatic carbocycles. The van der Waals surface area contributed by atoms with E-state index in [0.29, 0.717) is 43.1 Å². The molecule has 0 bridgehead atoms. The Morgan fingerprint density at radius 3 is 2.27 bits per heavy atom. The fourth-order valence-electron chi connectivity index (χ4n) is 6.03. The molecular formula is C37H41F4N2O5P. The molecule has 0 aromatic heterocycles. The molecule has 7 nitrogen and oxygen atoms in total. The predicted octanol–water partition coefficient (Wildman–Crippen LogP) is 8.34. The standard InChI is InChI=1S/C27H29F2NO4.C10H12F2NOP/c1-33-23-11-9-19(17-30-15-13-27(28,29)14-16-30)26(34-2)25(23)22-8-4-6-20-18(10-12-24(31)32)5-3-7-21(20)22;1-5-8(14-10(12)15)4-3-7(11)9(5)6(2)13/h3-9,11H,10,12-17H2,1-2H3,(H,31,32);3-4,10H,2,13,15H2,1H3. The number of hydrogen-bond acceptors (Lipinski definition) is 6. The molecule has 49 heavy (non-hydrogen) atoms. The molecule has 1 saturated heterocycles. The number of carbonyl (C=O) groups is 1. The topological polar surface area (TPSA) is 94.3 Å². The van der Waals surface area contributed by atoms with E-state index in [1.165, 1.54) is 12.1 Å². The Hall–Kier alpha value is -4.34. The van der Waals surface area contributed by atoms with E-state index in [9.17, 15) is 22.4 Å². The molecule has 0 spiro atoms. The van der Waals surface area contributed by atoms with Crippen molar-refractivity contribution in [3.63, 3.8) is 0 Å². The van der Waals surface area contributed by atoms with Gasteiger partial charge in [-0.1, -0.05) is 58.3 Å². The van der Waals surface area contributed by atoms with E-state index < -0.39 is 23.8 Å². The molecule has 2 atom stereocenters. The maximum atomic E-state index is 13.6. The first kappa shape index (κ1) is 37.5. The van der Waals surface area contributed by atoms with Gasteiger partial charge in [-0.05, 0) is 53.4 Å². The van der Waals surface area contributed by atoms with Crippen LogP contribution in [0.25, 0.3) is 27.6 Å². The number of benzene rings is 4. The minimum absolute atomic E-state index is 0.0559. The molecule has 1 aliphatic heterocycles. The van der Waals surface area contributed by atoms with Crippen LogP contribution in [0.3, 0.4) is 0 Å². The minimum Gasteiger partial charge on any atom is -0.496 e. The van der Waals surface area contributed by atoms with Gasteiger partial charge < -0.3 is 25.1 Å². The molecule has 3 N–H and O–H groups in total. The zero-order valence-electron chi connectivity index (χ0n) is 27.7. The summed E-state index contributed by atoms with van der Waals surface area (Å²) < 4.78 is 69.6. The number of likely N-dealkylation sites (tertiary alicyclic amines) is 1. The van der Waals surface area contributed by atoms with Crippen LogP contribution >= 0.6 is 9.24 Å². The highest BCUT2D eigenvalue weighted by Crippen LogP contribution is 2.44. The maximum Gasteiger partial charge on any atom is 0.303 e. The second-order valence-electron chi connectivity index (χ2n) is 11.7. The number of carboxylic acid groups (broad SMARTS) is 1. The summed E-state index contributed by atoms with van der Waals surface area (Å²) in [7, 11) is 5.06. The first-order chi connectivity index (χ1) is 23.3. The van der Waals surface area contributed by atoms with Gasteiger partial charge in [-0.3, -0.25) is 9.69 Å². The van der Waals surface area contributed by atoms with Gasteiger partial charge in [0.05, 0.1) is 19.8 Å². The molecule has 0 amide bonds. The van der Waals surface area contributed by atoms with Gasteiger partial charge in [0.25, 0.3) is 5.92 Å². The van der Waals surface area contributed by atoms with Gasteiger partial charge in [-0.15, -0.1) is 0 Å². The van der Waals surface area contributed by atoms with E-state index in [-0.39, 0.29) is 36.3 Å². The van der Waals surface area contributed by atoms with Crippen LogP contribution in [0.2, 0.25) is 0 Å². The van der Waals surface area contributed by atoms with Crippen LogP contribution in [0.1, 0.15) is 41.5 Å². The first-order valence-electron chi connectivity index (χ1n) is 15.6. The first-order valence-corrected chi connectivity index (χ1v) is 16.3. The van der Waals surface area contributed by atoms with Crippen molar-refractivity contribution in [2.75, 3.05) is 27.3 Å². The van der Waals surface area contributed by atoms with E-state index in [2.05, 4.69) is 6.58 Å². The lowest BCUT2D eigenvalue weighted by molar-refractivity contribution is -0.136. The van der Waals surface area contributed by atoms with Gasteiger partial charge in [-0.25, -0.2) is 13.2 Å². The highest BCUT2D eigenvalue weighted by atomic mass is 31.0. The molecule has 5 rings (SSSR count). The highest BCUT2D eigenvalue weighted by molar-refractivity contribution is 7.16. The zero-order valence-corrected chi connectivity index (χ0v) is 28.9. The summed E-state index contributed by atoms with van der Waals surface area (Å²) >= 11 is 0. The largest absolute Gasteiger partial charge is 0.496 e. The third-order valence-corrected chi connectivity index (χ3v) is 8.56. The summed E-state index contributed by atoms with van der Waals surface area (Å²) in [4.78, 5) is 13.1. The quantitative estimate of drug-likeness (QED) is 0.120. The number of nitrogens with zero attached hydrogens (tertiary/aromatic N) is 1. The lowest BCUT2D eigenvalue weighted by Gasteiger charge is -2.32. The summed E-state index contributed by atoms with van der Waals surface area (Å²) in [6.07, 6.45) is -1.32. The van der Waals surface area contributed by atoms with Gasteiger partial charge in [0, 0.05) is 61.3 Å². The van der Waals surface area contributed by atoms with Crippen molar-refractivity contribution >= 4 is 31.7 Å². The van der Waals surface area contributed by atoms with Crippen molar-refractivity contribution in [3.8, 4) is 28.4 Å². The van der Waals surface area contributed by atoms with Crippen LogP contribution in [0, 0.1) is 12.7 Å². The van der Waals surface area contributed by atoms with E-state index in [0.717, 1.165) is 33.0 Å². The summed E-state index contributed by atoms with van der Waals surface area (Å²) in [6.45, 7) is 6.22. The Bertz CT molecular complexity index is 1810. The molecule has 12 heteroatoms. The van der Waals surface area contributed by atoms with Crippen molar-refractivity contribution in [2.45, 2.75) is 51.2 Å². The van der Waals surface area contributed by atoms with Gasteiger partial charge >= 0.3 is 5.97 Å². The number of rotatable bonds is 11.